The lowest BCUT2D eigenvalue weighted by molar-refractivity contribution is -0.142. The number of nitrogens with zero attached hydrogens (tertiary/aromatic N) is 1. The van der Waals surface area contributed by atoms with Gasteiger partial charge >= 0.3 is 5.97 Å². The van der Waals surface area contributed by atoms with Crippen molar-refractivity contribution >= 4 is 17.3 Å². The molecule has 0 spiro atoms. The van der Waals surface area contributed by atoms with E-state index in [1.807, 2.05) is 11.4 Å². The number of hydrogen-bond acceptors (Lipinski definition) is 4. The van der Waals surface area contributed by atoms with Gasteiger partial charge < -0.3 is 4.74 Å². The standard InChI is InChI=1S/C12H19NO2S/c1-4-13(5-2)10(9-12(14)15-3)11-7-6-8-16-11/h6-8,10H,4-5,9H2,1-3H3. The molecule has 4 heteroatoms. The number of carbonyl (C=O) groups is 1. The van der Waals surface area contributed by atoms with Gasteiger partial charge in [0.2, 0.25) is 0 Å². The lowest BCUT2D eigenvalue weighted by Gasteiger charge is -2.27. The number of ether oxygens (including phenoxy) is 1. The molecule has 0 bridgehead atoms. The van der Waals surface area contributed by atoms with Crippen molar-refractivity contribution in [3.63, 3.8) is 0 Å². The van der Waals surface area contributed by atoms with Gasteiger partial charge in [-0.3, -0.25) is 9.69 Å². The highest BCUT2D eigenvalue weighted by Crippen LogP contribution is 2.28. The first-order valence-electron chi connectivity index (χ1n) is 5.57. The Morgan fingerprint density at radius 1 is 1.50 bits per heavy atom. The molecule has 0 aliphatic heterocycles. The fourth-order valence-electron chi connectivity index (χ4n) is 1.80. The number of esters is 1. The zero-order chi connectivity index (χ0) is 12.0. The van der Waals surface area contributed by atoms with Crippen LogP contribution in [0.5, 0.6) is 0 Å². The van der Waals surface area contributed by atoms with Crippen LogP contribution in [0, 0.1) is 0 Å². The molecule has 3 nitrogen and oxygen atoms in total. The molecule has 0 aliphatic carbocycles. The Morgan fingerprint density at radius 3 is 2.62 bits per heavy atom. The fraction of sp³-hybridized carbons (Fsp3) is 0.583. The zero-order valence-electron chi connectivity index (χ0n) is 10.1. The molecule has 0 radical (unpaired) electrons. The van der Waals surface area contributed by atoms with Crippen molar-refractivity contribution in [3.8, 4) is 0 Å². The molecule has 1 aromatic heterocycles. The van der Waals surface area contributed by atoms with Crippen LogP contribution < -0.4 is 0 Å². The Balaban J connectivity index is 2.80. The van der Waals surface area contributed by atoms with E-state index in [4.69, 9.17) is 4.74 Å². The van der Waals surface area contributed by atoms with Crippen molar-refractivity contribution in [3.05, 3.63) is 22.4 Å². The Hall–Kier alpha value is -0.870. The predicted molar refractivity (Wildman–Crippen MR) is 66.6 cm³/mol. The van der Waals surface area contributed by atoms with E-state index in [2.05, 4.69) is 24.8 Å². The molecule has 0 N–H and O–H groups in total. The van der Waals surface area contributed by atoms with E-state index < -0.39 is 0 Å². The largest absolute Gasteiger partial charge is 0.469 e. The molecule has 1 unspecified atom stereocenters. The van der Waals surface area contributed by atoms with Crippen molar-refractivity contribution in [1.82, 2.24) is 4.90 Å². The molecule has 0 fully saturated rings. The third kappa shape index (κ3) is 3.32. The third-order valence-electron chi connectivity index (χ3n) is 2.71. The Bertz CT molecular complexity index is 307. The topological polar surface area (TPSA) is 29.5 Å². The van der Waals surface area contributed by atoms with E-state index in [0.717, 1.165) is 13.1 Å². The predicted octanol–water partition coefficient (Wildman–Crippen LogP) is 2.69. The second-order valence-electron chi connectivity index (χ2n) is 3.53. The van der Waals surface area contributed by atoms with Crippen LogP contribution in [0.4, 0.5) is 0 Å². The summed E-state index contributed by atoms with van der Waals surface area (Å²) in [5.41, 5.74) is 0. The van der Waals surface area contributed by atoms with Gasteiger partial charge in [0, 0.05) is 4.88 Å². The highest BCUT2D eigenvalue weighted by molar-refractivity contribution is 7.10. The highest BCUT2D eigenvalue weighted by Gasteiger charge is 2.22. The van der Waals surface area contributed by atoms with Crippen LogP contribution in [-0.4, -0.2) is 31.1 Å². The second-order valence-corrected chi connectivity index (χ2v) is 4.51. The van der Waals surface area contributed by atoms with E-state index in [1.54, 1.807) is 11.3 Å². The molecule has 1 atom stereocenters. The maximum atomic E-state index is 11.4. The summed E-state index contributed by atoms with van der Waals surface area (Å²) in [7, 11) is 1.44. The molecule has 16 heavy (non-hydrogen) atoms. The monoisotopic (exact) mass is 241 g/mol. The summed E-state index contributed by atoms with van der Waals surface area (Å²) in [4.78, 5) is 14.9. The summed E-state index contributed by atoms with van der Waals surface area (Å²) in [5, 5.41) is 2.04. The van der Waals surface area contributed by atoms with E-state index in [1.165, 1.54) is 12.0 Å². The van der Waals surface area contributed by atoms with Gasteiger partial charge in [-0.2, -0.15) is 0 Å². The smallest absolute Gasteiger partial charge is 0.307 e. The molecule has 0 aromatic carbocycles. The van der Waals surface area contributed by atoms with Crippen LogP contribution in [0.15, 0.2) is 17.5 Å². The van der Waals surface area contributed by atoms with Crippen LogP contribution in [0.3, 0.4) is 0 Å². The van der Waals surface area contributed by atoms with Crippen LogP contribution >= 0.6 is 11.3 Å². The summed E-state index contributed by atoms with van der Waals surface area (Å²) < 4.78 is 4.76. The van der Waals surface area contributed by atoms with Gasteiger partial charge in [0.25, 0.3) is 0 Å². The number of hydrogen-bond donors (Lipinski definition) is 0. The SMILES string of the molecule is CCN(CC)C(CC(=O)OC)c1cccs1. The number of thiophene rings is 1. The molecular weight excluding hydrogens is 222 g/mol. The Labute approximate surface area is 101 Å². The third-order valence-corrected chi connectivity index (χ3v) is 3.69. The minimum atomic E-state index is -0.148. The van der Waals surface area contributed by atoms with Crippen LogP contribution in [0.1, 0.15) is 31.2 Å². The summed E-state index contributed by atoms with van der Waals surface area (Å²) in [6.07, 6.45) is 0.429. The van der Waals surface area contributed by atoms with Gasteiger partial charge in [0.05, 0.1) is 19.6 Å². The molecule has 0 amide bonds. The quantitative estimate of drug-likeness (QED) is 0.717. The van der Waals surface area contributed by atoms with Crippen molar-refractivity contribution in [1.29, 1.82) is 0 Å². The minimum Gasteiger partial charge on any atom is -0.469 e. The average Bonchev–Trinajstić information content (AvgIpc) is 2.82. The lowest BCUT2D eigenvalue weighted by Crippen LogP contribution is -2.29. The fourth-order valence-corrected chi connectivity index (χ4v) is 2.66. The number of carbonyl (C=O) groups excluding carboxylic acids is 1. The van der Waals surface area contributed by atoms with Gasteiger partial charge in [-0.1, -0.05) is 19.9 Å². The Morgan fingerprint density at radius 2 is 2.19 bits per heavy atom. The van der Waals surface area contributed by atoms with E-state index in [9.17, 15) is 4.79 Å². The van der Waals surface area contributed by atoms with Gasteiger partial charge in [0.1, 0.15) is 0 Å². The van der Waals surface area contributed by atoms with Crippen molar-refractivity contribution in [2.45, 2.75) is 26.3 Å². The van der Waals surface area contributed by atoms with E-state index in [0.29, 0.717) is 6.42 Å². The van der Waals surface area contributed by atoms with Crippen molar-refractivity contribution in [2.75, 3.05) is 20.2 Å². The van der Waals surface area contributed by atoms with Gasteiger partial charge in [-0.15, -0.1) is 11.3 Å². The van der Waals surface area contributed by atoms with E-state index >= 15 is 0 Å². The molecule has 1 rings (SSSR count). The first-order valence-corrected chi connectivity index (χ1v) is 6.45. The number of rotatable bonds is 6. The van der Waals surface area contributed by atoms with Crippen molar-refractivity contribution in [2.24, 2.45) is 0 Å². The lowest BCUT2D eigenvalue weighted by atomic mass is 10.1. The van der Waals surface area contributed by atoms with Gasteiger partial charge in [-0.05, 0) is 24.5 Å². The molecular formula is C12H19NO2S. The molecule has 90 valence electrons. The van der Waals surface area contributed by atoms with Crippen LogP contribution in [0.25, 0.3) is 0 Å². The van der Waals surface area contributed by atoms with Crippen molar-refractivity contribution < 1.29 is 9.53 Å². The summed E-state index contributed by atoms with van der Waals surface area (Å²) in [5.74, 6) is -0.148. The summed E-state index contributed by atoms with van der Waals surface area (Å²) >= 11 is 1.69. The van der Waals surface area contributed by atoms with Gasteiger partial charge in [0.15, 0.2) is 0 Å². The number of methoxy groups -OCH3 is 1. The maximum Gasteiger partial charge on any atom is 0.307 e. The van der Waals surface area contributed by atoms with Crippen LogP contribution in [-0.2, 0) is 9.53 Å². The Kier molecular flexibility index (Phi) is 5.49. The second kappa shape index (κ2) is 6.66. The molecule has 0 saturated carbocycles. The molecule has 0 aliphatic rings. The molecule has 1 aromatic rings. The first kappa shape index (κ1) is 13.2. The van der Waals surface area contributed by atoms with Crippen LogP contribution in [0.2, 0.25) is 0 Å². The normalized spacial score (nSPS) is 12.8. The highest BCUT2D eigenvalue weighted by atomic mass is 32.1. The minimum absolute atomic E-state index is 0.148. The molecule has 0 saturated heterocycles. The molecule has 1 heterocycles. The zero-order valence-corrected chi connectivity index (χ0v) is 10.9. The average molecular weight is 241 g/mol. The summed E-state index contributed by atoms with van der Waals surface area (Å²) in [6.45, 7) is 6.11. The van der Waals surface area contributed by atoms with E-state index in [-0.39, 0.29) is 12.0 Å². The van der Waals surface area contributed by atoms with Gasteiger partial charge in [-0.25, -0.2) is 0 Å². The first-order chi connectivity index (χ1) is 7.72. The maximum absolute atomic E-state index is 11.4. The summed E-state index contributed by atoms with van der Waals surface area (Å²) in [6, 6.07) is 4.26.